The van der Waals surface area contributed by atoms with Crippen molar-refractivity contribution in [3.05, 3.63) is 11.7 Å². The highest BCUT2D eigenvalue weighted by Crippen LogP contribution is 2.38. The van der Waals surface area contributed by atoms with Crippen molar-refractivity contribution < 1.29 is 9.26 Å². The first kappa shape index (κ1) is 13.7. The van der Waals surface area contributed by atoms with Gasteiger partial charge in [0.1, 0.15) is 0 Å². The molecule has 0 N–H and O–H groups in total. The third-order valence-electron chi connectivity index (χ3n) is 5.54. The molecule has 0 aromatic carbocycles. The molecule has 116 valence electrons. The van der Waals surface area contributed by atoms with Gasteiger partial charge in [0.05, 0.1) is 13.2 Å². The van der Waals surface area contributed by atoms with Crippen LogP contribution in [0.2, 0.25) is 0 Å². The number of rotatable bonds is 3. The Hall–Kier alpha value is -0.940. The molecule has 21 heavy (non-hydrogen) atoms. The number of hydrogen-bond donors (Lipinski definition) is 0. The standard InChI is InChI=1S/C16H25N3O2/c1-2-12(3-1)15-17-16(21-18-15)13-4-6-14(7-5-13)19-8-10-20-11-9-19/h12-14H,1-11H2. The predicted molar refractivity (Wildman–Crippen MR) is 78.3 cm³/mol. The second-order valence-electron chi connectivity index (χ2n) is 6.77. The number of morpholine rings is 1. The van der Waals surface area contributed by atoms with Crippen molar-refractivity contribution in [2.75, 3.05) is 26.3 Å². The van der Waals surface area contributed by atoms with Crippen LogP contribution in [0.5, 0.6) is 0 Å². The summed E-state index contributed by atoms with van der Waals surface area (Å²) < 4.78 is 11.0. The lowest BCUT2D eigenvalue weighted by molar-refractivity contribution is 0.00659. The maximum atomic E-state index is 5.55. The molecule has 4 rings (SSSR count). The maximum absolute atomic E-state index is 5.55. The molecule has 1 aromatic heterocycles. The lowest BCUT2D eigenvalue weighted by Gasteiger charge is -2.38. The van der Waals surface area contributed by atoms with Crippen LogP contribution in [-0.4, -0.2) is 47.4 Å². The van der Waals surface area contributed by atoms with Gasteiger partial charge in [-0.2, -0.15) is 4.98 Å². The second-order valence-corrected chi connectivity index (χ2v) is 6.77. The van der Waals surface area contributed by atoms with Gasteiger partial charge in [-0.05, 0) is 38.5 Å². The minimum absolute atomic E-state index is 0.489. The number of hydrogen-bond acceptors (Lipinski definition) is 5. The number of ether oxygens (including phenoxy) is 1. The average Bonchev–Trinajstić information content (AvgIpc) is 2.96. The molecule has 0 spiro atoms. The molecule has 0 bridgehead atoms. The highest BCUT2D eigenvalue weighted by molar-refractivity contribution is 5.03. The molecule has 5 heteroatoms. The molecule has 2 saturated carbocycles. The fourth-order valence-electron chi connectivity index (χ4n) is 3.88. The summed E-state index contributed by atoms with van der Waals surface area (Å²) in [4.78, 5) is 7.29. The van der Waals surface area contributed by atoms with Gasteiger partial charge in [-0.3, -0.25) is 4.90 Å². The van der Waals surface area contributed by atoms with Crippen molar-refractivity contribution in [1.29, 1.82) is 0 Å². The zero-order chi connectivity index (χ0) is 14.1. The Morgan fingerprint density at radius 1 is 0.905 bits per heavy atom. The van der Waals surface area contributed by atoms with Gasteiger partial charge in [0.15, 0.2) is 5.82 Å². The lowest BCUT2D eigenvalue weighted by atomic mass is 9.84. The second kappa shape index (κ2) is 6.05. The molecular formula is C16H25N3O2. The molecule has 0 unspecified atom stereocenters. The van der Waals surface area contributed by atoms with Crippen molar-refractivity contribution in [1.82, 2.24) is 15.0 Å². The Kier molecular flexibility index (Phi) is 3.95. The molecular weight excluding hydrogens is 266 g/mol. The van der Waals surface area contributed by atoms with E-state index in [1.807, 2.05) is 0 Å². The Morgan fingerprint density at radius 3 is 2.33 bits per heavy atom. The molecule has 5 nitrogen and oxygen atoms in total. The van der Waals surface area contributed by atoms with Gasteiger partial charge in [-0.25, -0.2) is 0 Å². The largest absolute Gasteiger partial charge is 0.379 e. The zero-order valence-corrected chi connectivity index (χ0v) is 12.7. The fourth-order valence-corrected chi connectivity index (χ4v) is 3.88. The SMILES string of the molecule is C1CC(c2noc(C3CCC(N4CCOCC4)CC3)n2)C1. The van der Waals surface area contributed by atoms with E-state index in [9.17, 15) is 0 Å². The van der Waals surface area contributed by atoms with E-state index in [1.54, 1.807) is 0 Å². The maximum Gasteiger partial charge on any atom is 0.229 e. The molecule has 3 fully saturated rings. The van der Waals surface area contributed by atoms with Crippen LogP contribution < -0.4 is 0 Å². The van der Waals surface area contributed by atoms with Crippen LogP contribution in [0.4, 0.5) is 0 Å². The van der Waals surface area contributed by atoms with Crippen LogP contribution in [-0.2, 0) is 4.74 Å². The minimum atomic E-state index is 0.489. The molecule has 0 atom stereocenters. The molecule has 2 aliphatic carbocycles. The number of aromatic nitrogens is 2. The fraction of sp³-hybridized carbons (Fsp3) is 0.875. The van der Waals surface area contributed by atoms with Gasteiger partial charge in [-0.1, -0.05) is 11.6 Å². The Balaban J connectivity index is 1.32. The molecule has 1 saturated heterocycles. The molecule has 3 aliphatic rings. The van der Waals surface area contributed by atoms with Gasteiger partial charge in [0.2, 0.25) is 5.89 Å². The normalized spacial score (nSPS) is 32.0. The predicted octanol–water partition coefficient (Wildman–Crippen LogP) is 2.70. The van der Waals surface area contributed by atoms with E-state index in [-0.39, 0.29) is 0 Å². The van der Waals surface area contributed by atoms with E-state index >= 15 is 0 Å². The summed E-state index contributed by atoms with van der Waals surface area (Å²) in [6.07, 6.45) is 8.69. The quantitative estimate of drug-likeness (QED) is 0.857. The van der Waals surface area contributed by atoms with Crippen LogP contribution in [0.15, 0.2) is 4.52 Å². The summed E-state index contributed by atoms with van der Waals surface area (Å²) in [6.45, 7) is 3.99. The smallest absolute Gasteiger partial charge is 0.229 e. The Morgan fingerprint density at radius 2 is 1.67 bits per heavy atom. The molecule has 1 aromatic rings. The van der Waals surface area contributed by atoms with Crippen molar-refractivity contribution in [2.45, 2.75) is 62.8 Å². The third kappa shape index (κ3) is 2.86. The third-order valence-corrected chi connectivity index (χ3v) is 5.54. The summed E-state index contributed by atoms with van der Waals surface area (Å²) in [6, 6.07) is 0.735. The topological polar surface area (TPSA) is 51.4 Å². The van der Waals surface area contributed by atoms with Gasteiger partial charge >= 0.3 is 0 Å². The van der Waals surface area contributed by atoms with E-state index in [1.165, 1.54) is 44.9 Å². The van der Waals surface area contributed by atoms with Crippen molar-refractivity contribution >= 4 is 0 Å². The molecule has 1 aliphatic heterocycles. The van der Waals surface area contributed by atoms with Crippen LogP contribution in [0.25, 0.3) is 0 Å². The highest BCUT2D eigenvalue weighted by Gasteiger charge is 2.31. The highest BCUT2D eigenvalue weighted by atomic mass is 16.5. The first-order chi connectivity index (χ1) is 10.4. The van der Waals surface area contributed by atoms with Crippen LogP contribution in [0.1, 0.15) is 68.5 Å². The molecule has 2 heterocycles. The molecule has 0 amide bonds. The van der Waals surface area contributed by atoms with Crippen LogP contribution >= 0.6 is 0 Å². The summed E-state index contributed by atoms with van der Waals surface area (Å²) in [5.41, 5.74) is 0. The van der Waals surface area contributed by atoms with E-state index in [2.05, 4.69) is 15.0 Å². The van der Waals surface area contributed by atoms with Crippen molar-refractivity contribution in [3.63, 3.8) is 0 Å². The first-order valence-electron chi connectivity index (χ1n) is 8.55. The summed E-state index contributed by atoms with van der Waals surface area (Å²) in [5, 5.41) is 4.21. The van der Waals surface area contributed by atoms with E-state index in [0.717, 1.165) is 44.1 Å². The van der Waals surface area contributed by atoms with Crippen LogP contribution in [0.3, 0.4) is 0 Å². The Bertz CT molecular complexity index is 458. The lowest BCUT2D eigenvalue weighted by Crippen LogP contribution is -2.44. The van der Waals surface area contributed by atoms with Gasteiger partial charge in [0, 0.05) is 31.0 Å². The van der Waals surface area contributed by atoms with Crippen molar-refractivity contribution in [3.8, 4) is 0 Å². The van der Waals surface area contributed by atoms with E-state index in [0.29, 0.717) is 11.8 Å². The summed E-state index contributed by atoms with van der Waals surface area (Å²) in [5.74, 6) is 2.93. The van der Waals surface area contributed by atoms with Gasteiger partial charge in [0.25, 0.3) is 0 Å². The Labute approximate surface area is 126 Å². The minimum Gasteiger partial charge on any atom is -0.379 e. The zero-order valence-electron chi connectivity index (χ0n) is 12.7. The average molecular weight is 291 g/mol. The van der Waals surface area contributed by atoms with Gasteiger partial charge in [-0.15, -0.1) is 0 Å². The van der Waals surface area contributed by atoms with E-state index in [4.69, 9.17) is 9.26 Å². The summed E-state index contributed by atoms with van der Waals surface area (Å²) in [7, 11) is 0. The number of nitrogens with zero attached hydrogens (tertiary/aromatic N) is 3. The first-order valence-corrected chi connectivity index (χ1v) is 8.55. The van der Waals surface area contributed by atoms with Crippen LogP contribution in [0, 0.1) is 0 Å². The monoisotopic (exact) mass is 291 g/mol. The van der Waals surface area contributed by atoms with Gasteiger partial charge < -0.3 is 9.26 Å². The summed E-state index contributed by atoms with van der Waals surface area (Å²) >= 11 is 0. The van der Waals surface area contributed by atoms with Crippen molar-refractivity contribution in [2.24, 2.45) is 0 Å². The molecule has 0 radical (unpaired) electrons. The van der Waals surface area contributed by atoms with E-state index < -0.39 is 0 Å².